The molecular formula is C15H11FN2O. The van der Waals surface area contributed by atoms with Gasteiger partial charge in [0.25, 0.3) is 0 Å². The summed E-state index contributed by atoms with van der Waals surface area (Å²) in [6, 6.07) is 7.97. The van der Waals surface area contributed by atoms with Crippen molar-refractivity contribution in [2.45, 2.75) is 6.92 Å². The molecule has 2 aromatic heterocycles. The summed E-state index contributed by atoms with van der Waals surface area (Å²) >= 11 is 0. The van der Waals surface area contributed by atoms with Gasteiger partial charge in [-0.25, -0.2) is 9.37 Å². The van der Waals surface area contributed by atoms with Gasteiger partial charge in [0.05, 0.1) is 0 Å². The predicted molar refractivity (Wildman–Crippen MR) is 69.9 cm³/mol. The van der Waals surface area contributed by atoms with Crippen molar-refractivity contribution in [1.29, 1.82) is 0 Å². The van der Waals surface area contributed by atoms with Crippen LogP contribution < -0.4 is 0 Å². The Kier molecular flexibility index (Phi) is 2.83. The summed E-state index contributed by atoms with van der Waals surface area (Å²) in [6.45, 7) is 1.99. The number of aryl methyl sites for hydroxylation is 1. The topological polar surface area (TPSA) is 38.9 Å². The van der Waals surface area contributed by atoms with Crippen LogP contribution in [0, 0.1) is 12.7 Å². The van der Waals surface area contributed by atoms with E-state index in [9.17, 15) is 4.39 Å². The van der Waals surface area contributed by atoms with Gasteiger partial charge in [-0.15, -0.1) is 0 Å². The molecule has 0 aliphatic carbocycles. The van der Waals surface area contributed by atoms with Gasteiger partial charge < -0.3 is 4.42 Å². The fourth-order valence-corrected chi connectivity index (χ4v) is 1.85. The Balaban J connectivity index is 2.00. The Labute approximate surface area is 109 Å². The van der Waals surface area contributed by atoms with Crippen molar-refractivity contribution < 1.29 is 8.81 Å². The Morgan fingerprint density at radius 1 is 1.11 bits per heavy atom. The van der Waals surface area contributed by atoms with E-state index in [2.05, 4.69) is 9.97 Å². The maximum atomic E-state index is 12.9. The summed E-state index contributed by atoms with van der Waals surface area (Å²) in [6.07, 6.45) is 5.07. The number of hydrogen-bond donors (Lipinski definition) is 0. The number of oxazole rings is 1. The zero-order valence-electron chi connectivity index (χ0n) is 10.3. The van der Waals surface area contributed by atoms with E-state index in [-0.39, 0.29) is 5.82 Å². The molecular weight excluding hydrogens is 243 g/mol. The lowest BCUT2D eigenvalue weighted by atomic mass is 10.1. The molecule has 0 fully saturated rings. The average Bonchev–Trinajstić information content (AvgIpc) is 2.89. The predicted octanol–water partition coefficient (Wildman–Crippen LogP) is 3.85. The van der Waals surface area contributed by atoms with Crippen molar-refractivity contribution in [3.05, 3.63) is 60.4 Å². The van der Waals surface area contributed by atoms with E-state index >= 15 is 0 Å². The molecule has 0 aliphatic heterocycles. The van der Waals surface area contributed by atoms with Gasteiger partial charge in [-0.2, -0.15) is 0 Å². The van der Waals surface area contributed by atoms with Crippen molar-refractivity contribution in [1.82, 2.24) is 9.97 Å². The molecule has 0 N–H and O–H groups in total. The summed E-state index contributed by atoms with van der Waals surface area (Å²) in [4.78, 5) is 8.50. The highest BCUT2D eigenvalue weighted by Gasteiger charge is 2.10. The van der Waals surface area contributed by atoms with Crippen molar-refractivity contribution in [3.8, 4) is 22.7 Å². The van der Waals surface area contributed by atoms with Crippen LogP contribution in [0.1, 0.15) is 5.56 Å². The van der Waals surface area contributed by atoms with Crippen LogP contribution >= 0.6 is 0 Å². The van der Waals surface area contributed by atoms with Gasteiger partial charge in [0.15, 0.2) is 0 Å². The van der Waals surface area contributed by atoms with Crippen molar-refractivity contribution in [2.75, 3.05) is 0 Å². The van der Waals surface area contributed by atoms with Crippen LogP contribution in [0.3, 0.4) is 0 Å². The lowest BCUT2D eigenvalue weighted by Crippen LogP contribution is -1.85. The molecule has 0 spiro atoms. The maximum Gasteiger partial charge on any atom is 0.226 e. The summed E-state index contributed by atoms with van der Waals surface area (Å²) in [7, 11) is 0. The number of hydrogen-bond acceptors (Lipinski definition) is 3. The summed E-state index contributed by atoms with van der Waals surface area (Å²) in [5, 5.41) is 0. The Bertz CT molecular complexity index is 704. The van der Waals surface area contributed by atoms with Crippen molar-refractivity contribution >= 4 is 0 Å². The Morgan fingerprint density at radius 2 is 1.89 bits per heavy atom. The molecule has 19 heavy (non-hydrogen) atoms. The summed E-state index contributed by atoms with van der Waals surface area (Å²) < 4.78 is 18.3. The summed E-state index contributed by atoms with van der Waals surface area (Å²) in [5.41, 5.74) is 3.48. The molecule has 2 heterocycles. The largest absolute Gasteiger partial charge is 0.444 e. The van der Waals surface area contributed by atoms with Crippen molar-refractivity contribution in [3.63, 3.8) is 0 Å². The van der Waals surface area contributed by atoms with E-state index < -0.39 is 0 Å². The Morgan fingerprint density at radius 3 is 2.63 bits per heavy atom. The van der Waals surface area contributed by atoms with Gasteiger partial charge >= 0.3 is 0 Å². The molecule has 0 radical (unpaired) electrons. The molecule has 0 unspecified atom stereocenters. The third-order valence-corrected chi connectivity index (χ3v) is 2.91. The van der Waals surface area contributed by atoms with E-state index in [0.29, 0.717) is 5.89 Å². The molecule has 0 saturated heterocycles. The second-order valence-electron chi connectivity index (χ2n) is 4.24. The molecule has 0 aliphatic rings. The molecule has 0 amide bonds. The summed E-state index contributed by atoms with van der Waals surface area (Å²) in [5.74, 6) is 0.192. The first-order chi connectivity index (χ1) is 9.24. The van der Waals surface area contributed by atoms with E-state index in [1.54, 1.807) is 30.8 Å². The van der Waals surface area contributed by atoms with Gasteiger partial charge in [-0.05, 0) is 42.8 Å². The lowest BCUT2D eigenvalue weighted by molar-refractivity contribution is 0.574. The molecule has 0 bridgehead atoms. The molecule has 3 aromatic rings. The van der Waals surface area contributed by atoms with Crippen LogP contribution in [0.2, 0.25) is 0 Å². The third kappa shape index (κ3) is 2.25. The van der Waals surface area contributed by atoms with Crippen LogP contribution in [0.25, 0.3) is 22.7 Å². The van der Waals surface area contributed by atoms with E-state index in [4.69, 9.17) is 4.42 Å². The minimum atomic E-state index is -0.279. The normalized spacial score (nSPS) is 10.6. The second-order valence-corrected chi connectivity index (χ2v) is 4.24. The van der Waals surface area contributed by atoms with Crippen molar-refractivity contribution in [2.24, 2.45) is 0 Å². The average molecular weight is 254 g/mol. The number of rotatable bonds is 2. The first-order valence-corrected chi connectivity index (χ1v) is 5.86. The van der Waals surface area contributed by atoms with Crippen LogP contribution in [0.4, 0.5) is 4.39 Å². The maximum absolute atomic E-state index is 12.9. The van der Waals surface area contributed by atoms with Crippen LogP contribution in [-0.2, 0) is 0 Å². The van der Waals surface area contributed by atoms with E-state index in [1.165, 1.54) is 12.1 Å². The first-order valence-electron chi connectivity index (χ1n) is 5.86. The number of nitrogens with zero attached hydrogens (tertiary/aromatic N) is 2. The molecule has 0 saturated carbocycles. The van der Waals surface area contributed by atoms with Gasteiger partial charge in [-0.3, -0.25) is 4.98 Å². The minimum Gasteiger partial charge on any atom is -0.444 e. The number of aromatic nitrogens is 2. The number of benzene rings is 1. The SMILES string of the molecule is Cc1ccncc1-c1coc(-c2ccc(F)cc2)n1. The quantitative estimate of drug-likeness (QED) is 0.697. The Hall–Kier alpha value is -2.49. The zero-order valence-corrected chi connectivity index (χ0v) is 10.3. The molecule has 4 heteroatoms. The van der Waals surface area contributed by atoms with E-state index in [0.717, 1.165) is 22.4 Å². The molecule has 3 nitrogen and oxygen atoms in total. The lowest BCUT2D eigenvalue weighted by Gasteiger charge is -1.99. The second kappa shape index (κ2) is 4.65. The van der Waals surface area contributed by atoms with Crippen LogP contribution in [-0.4, -0.2) is 9.97 Å². The van der Waals surface area contributed by atoms with Gasteiger partial charge in [0.2, 0.25) is 5.89 Å². The highest BCUT2D eigenvalue weighted by molar-refractivity contribution is 5.64. The van der Waals surface area contributed by atoms with Crippen LogP contribution in [0.15, 0.2) is 53.4 Å². The number of pyridine rings is 1. The molecule has 0 atom stereocenters. The number of halogens is 1. The van der Waals surface area contributed by atoms with E-state index in [1.807, 2.05) is 13.0 Å². The monoisotopic (exact) mass is 254 g/mol. The highest BCUT2D eigenvalue weighted by atomic mass is 19.1. The standard InChI is InChI=1S/C15H11FN2O/c1-10-6-7-17-8-13(10)14-9-19-15(18-14)11-2-4-12(16)5-3-11/h2-9H,1H3. The molecule has 1 aromatic carbocycles. The molecule has 94 valence electrons. The van der Waals surface area contributed by atoms with Crippen LogP contribution in [0.5, 0.6) is 0 Å². The first kappa shape index (κ1) is 11.6. The smallest absolute Gasteiger partial charge is 0.226 e. The fourth-order valence-electron chi connectivity index (χ4n) is 1.85. The van der Waals surface area contributed by atoms with Gasteiger partial charge in [0.1, 0.15) is 17.8 Å². The highest BCUT2D eigenvalue weighted by Crippen LogP contribution is 2.26. The fraction of sp³-hybridized carbons (Fsp3) is 0.0667. The molecule has 3 rings (SSSR count). The van der Waals surface area contributed by atoms with Gasteiger partial charge in [0, 0.05) is 23.5 Å². The zero-order chi connectivity index (χ0) is 13.2. The van der Waals surface area contributed by atoms with Gasteiger partial charge in [-0.1, -0.05) is 0 Å². The minimum absolute atomic E-state index is 0.279. The third-order valence-electron chi connectivity index (χ3n) is 2.91.